The first-order valence-electron chi connectivity index (χ1n) is 30.2. The lowest BCUT2D eigenvalue weighted by molar-refractivity contribution is -0.141. The number of pyridine rings is 3. The second-order valence-electron chi connectivity index (χ2n) is 22.3. The van der Waals surface area contributed by atoms with E-state index in [4.69, 9.17) is 28.7 Å². The number of ether oxygens (including phenoxy) is 5. The highest BCUT2D eigenvalue weighted by Gasteiger charge is 2.32. The number of rotatable bonds is 15. The van der Waals surface area contributed by atoms with E-state index in [-0.39, 0.29) is 24.0 Å². The molecule has 94 heavy (non-hydrogen) atoms. The van der Waals surface area contributed by atoms with Gasteiger partial charge in [-0.3, -0.25) is 18.2 Å². The van der Waals surface area contributed by atoms with E-state index < -0.39 is 11.9 Å². The Morgan fingerprint density at radius 2 is 0.968 bits per heavy atom. The number of aromatic nitrogens is 12. The van der Waals surface area contributed by atoms with E-state index in [1.807, 2.05) is 67.1 Å². The molecule has 9 aromatic heterocycles. The number of fused-ring (bicyclic) bond motifs is 6. The van der Waals surface area contributed by atoms with Crippen LogP contribution >= 0.6 is 0 Å². The summed E-state index contributed by atoms with van der Waals surface area (Å²) in [5.41, 5.74) is 13.3. The molecule has 20 nitrogen and oxygen atoms in total. The van der Waals surface area contributed by atoms with Gasteiger partial charge in [0.15, 0.2) is 0 Å². The van der Waals surface area contributed by atoms with Crippen molar-refractivity contribution in [3.8, 4) is 62.4 Å². The molecule has 26 heteroatoms. The predicted octanol–water partition coefficient (Wildman–Crippen LogP) is 13.1. The minimum absolute atomic E-state index is 0.193. The van der Waals surface area contributed by atoms with Crippen LogP contribution < -0.4 is 39.6 Å². The number of aryl methyl sites for hydroxylation is 4. The van der Waals surface area contributed by atoms with Crippen molar-refractivity contribution in [3.05, 3.63) is 202 Å². The van der Waals surface area contributed by atoms with Crippen LogP contribution in [0.3, 0.4) is 0 Å². The maximum absolute atomic E-state index is 14.5. The van der Waals surface area contributed by atoms with Crippen molar-refractivity contribution in [1.29, 1.82) is 0 Å². The zero-order valence-electron chi connectivity index (χ0n) is 51.8. The van der Waals surface area contributed by atoms with Crippen LogP contribution in [0.1, 0.15) is 68.6 Å². The molecule has 12 heterocycles. The number of nitrogens with zero attached hydrogens (tertiary/aromatic N) is 12. The zero-order valence-corrected chi connectivity index (χ0v) is 51.8. The van der Waals surface area contributed by atoms with Gasteiger partial charge in [0, 0.05) is 162 Å². The number of alkyl halides is 3. The fourth-order valence-electron chi connectivity index (χ4n) is 11.8. The molecule has 15 rings (SSSR count). The van der Waals surface area contributed by atoms with E-state index in [1.165, 1.54) is 30.5 Å². The normalized spacial score (nSPS) is 12.9. The molecule has 3 aromatic carbocycles. The van der Waals surface area contributed by atoms with Gasteiger partial charge in [-0.2, -0.15) is 13.2 Å². The summed E-state index contributed by atoms with van der Waals surface area (Å²) < 4.78 is 115. The van der Waals surface area contributed by atoms with Gasteiger partial charge < -0.3 is 39.6 Å². The van der Waals surface area contributed by atoms with Crippen molar-refractivity contribution in [2.75, 3.05) is 49.5 Å². The largest absolute Gasteiger partial charge is 0.493 e. The van der Waals surface area contributed by atoms with Gasteiger partial charge in [-0.1, -0.05) is 6.07 Å². The molecule has 480 valence electrons. The van der Waals surface area contributed by atoms with Crippen molar-refractivity contribution in [2.24, 2.45) is 0 Å². The van der Waals surface area contributed by atoms with Crippen LogP contribution in [0.15, 0.2) is 123 Å². The number of hydrogen-bond acceptors (Lipinski definition) is 17. The summed E-state index contributed by atoms with van der Waals surface area (Å²) in [6, 6.07) is 17.2. The van der Waals surface area contributed by atoms with Crippen molar-refractivity contribution in [2.45, 2.75) is 79.7 Å². The van der Waals surface area contributed by atoms with Gasteiger partial charge in [-0.25, -0.2) is 53.0 Å². The van der Waals surface area contributed by atoms with Crippen LogP contribution in [-0.2, 0) is 45.1 Å². The lowest BCUT2D eigenvalue weighted by Crippen LogP contribution is -2.10. The van der Waals surface area contributed by atoms with Crippen LogP contribution in [0.4, 0.5) is 44.2 Å². The fourth-order valence-corrected chi connectivity index (χ4v) is 11.8. The molecule has 0 unspecified atom stereocenters. The van der Waals surface area contributed by atoms with Gasteiger partial charge in [0.05, 0.1) is 50.6 Å². The summed E-state index contributed by atoms with van der Waals surface area (Å²) in [6.45, 7) is 12.6. The molecule has 0 fully saturated rings. The lowest BCUT2D eigenvalue weighted by atomic mass is 10.0. The van der Waals surface area contributed by atoms with Crippen LogP contribution in [-0.4, -0.2) is 91.6 Å². The highest BCUT2D eigenvalue weighted by atomic mass is 19.4. The number of methoxy groups -OCH3 is 1. The molecular formula is C68H61F6N15O5. The fraction of sp³-hybridized carbons (Fsp3) is 0.250. The number of benzene rings is 3. The summed E-state index contributed by atoms with van der Waals surface area (Å²) >= 11 is 0. The molecule has 0 atom stereocenters. The molecule has 0 amide bonds. The Morgan fingerprint density at radius 3 is 1.40 bits per heavy atom. The molecule has 3 aliphatic heterocycles. The number of imidazole rings is 3. The molecule has 0 radical (unpaired) electrons. The summed E-state index contributed by atoms with van der Waals surface area (Å²) in [5.74, 6) is 4.05. The summed E-state index contributed by atoms with van der Waals surface area (Å²) in [6.07, 6.45) is 12.8. The summed E-state index contributed by atoms with van der Waals surface area (Å²) in [4.78, 5) is 39.7. The average Bonchev–Trinajstić information content (AvgIpc) is 1.56. The standard InChI is InChI=1S/2C23H22FN5O2.C22H17F4N5O/c1-13-9-25-21(30-3)8-16(13)18-11-27-23(29-12-14(2)28-22(18)29)26-10-17-15-6-7-31-20(15)5-4-19(17)24;1-3-30-22-16(5-4-9-25-22)18-12-27-23(29-13-14(2)28-21(18)29)26-11-17-15-8-10-31-20(15)7-6-19(17)24;1-12-11-31-20(30-12)15(13-2-5-19(27-8-13)22(24,25)26)9-28-21(31)29-10-16-14-6-7-32-18(14)4-3-17(16)23/h4-5,8-9,11-12H,6-7,10H2,1-3H3,(H,26,27);4-7,9,12-13H,3,8,10-11H2,1-2H3,(H,26,27);2-5,8-9,11H,6-7,10H2,1H3,(H,28,29). The van der Waals surface area contributed by atoms with Gasteiger partial charge in [0.1, 0.15) is 57.3 Å². The number of hydrogen-bond donors (Lipinski definition) is 3. The van der Waals surface area contributed by atoms with E-state index in [9.17, 15) is 26.3 Å². The van der Waals surface area contributed by atoms with E-state index in [0.29, 0.717) is 133 Å². The third-order valence-electron chi connectivity index (χ3n) is 16.2. The minimum Gasteiger partial charge on any atom is -0.493 e. The monoisotopic (exact) mass is 1280 g/mol. The van der Waals surface area contributed by atoms with Gasteiger partial charge in [0.2, 0.25) is 29.6 Å². The smallest absolute Gasteiger partial charge is 0.433 e. The molecule has 0 aliphatic carbocycles. The molecule has 12 aromatic rings. The maximum Gasteiger partial charge on any atom is 0.433 e. The number of halogens is 6. The molecule has 3 aliphatic rings. The third-order valence-corrected chi connectivity index (χ3v) is 16.2. The van der Waals surface area contributed by atoms with Crippen LogP contribution in [0.2, 0.25) is 0 Å². The van der Waals surface area contributed by atoms with E-state index in [1.54, 1.807) is 67.6 Å². The van der Waals surface area contributed by atoms with Gasteiger partial charge in [-0.15, -0.1) is 0 Å². The molecule has 0 saturated heterocycles. The SMILES string of the molecule is CCOc1ncccc1-c1cnc(NCc2c(F)ccc3c2CCO3)n2cc(C)nc12.COc1cc(-c2cnc(NCc3c(F)ccc4c3CCO4)n3cc(C)nc23)c(C)cn1.Cc1cn2c(NCc3c(F)ccc4c3CCO4)ncc(-c3ccc(C(F)(F)F)nc3)c2n1. The Balaban J connectivity index is 0.000000128. The number of anilines is 3. The van der Waals surface area contributed by atoms with Crippen LogP contribution in [0, 0.1) is 45.1 Å². The van der Waals surface area contributed by atoms with E-state index >= 15 is 0 Å². The zero-order chi connectivity index (χ0) is 65.4. The van der Waals surface area contributed by atoms with Crippen molar-refractivity contribution < 1.29 is 50.0 Å². The van der Waals surface area contributed by atoms with Crippen molar-refractivity contribution in [3.63, 3.8) is 0 Å². The second-order valence-corrected chi connectivity index (χ2v) is 22.3. The van der Waals surface area contributed by atoms with E-state index in [0.717, 1.165) is 91.0 Å². The molecular weight excluding hydrogens is 1220 g/mol. The molecule has 0 bridgehead atoms. The first-order valence-corrected chi connectivity index (χ1v) is 30.2. The number of nitrogens with one attached hydrogen (secondary N) is 3. The van der Waals surface area contributed by atoms with Crippen LogP contribution in [0.5, 0.6) is 29.0 Å². The van der Waals surface area contributed by atoms with Gasteiger partial charge in [0.25, 0.3) is 0 Å². The maximum atomic E-state index is 14.5. The highest BCUT2D eigenvalue weighted by Crippen LogP contribution is 2.38. The Labute approximate surface area is 534 Å². The Morgan fingerprint density at radius 1 is 0.511 bits per heavy atom. The topological polar surface area (TPSA) is 211 Å². The minimum atomic E-state index is -4.51. The quantitative estimate of drug-likeness (QED) is 0.0815. The van der Waals surface area contributed by atoms with Crippen LogP contribution in [0.25, 0.3) is 50.3 Å². The van der Waals surface area contributed by atoms with Gasteiger partial charge in [-0.05, 0) is 100 Å². The summed E-state index contributed by atoms with van der Waals surface area (Å²) in [7, 11) is 1.59. The lowest BCUT2D eigenvalue weighted by Gasteiger charge is -2.14. The summed E-state index contributed by atoms with van der Waals surface area (Å²) in [5, 5.41) is 9.71. The highest BCUT2D eigenvalue weighted by molar-refractivity contribution is 5.82. The van der Waals surface area contributed by atoms with Crippen molar-refractivity contribution >= 4 is 34.8 Å². The molecule has 3 N–H and O–H groups in total. The molecule has 0 spiro atoms. The first-order chi connectivity index (χ1) is 45.5. The first kappa shape index (κ1) is 61.8. The Hall–Kier alpha value is -11.1. The third kappa shape index (κ3) is 12.3. The Bertz CT molecular complexity index is 4840. The molecule has 0 saturated carbocycles. The second kappa shape index (κ2) is 25.9. The van der Waals surface area contributed by atoms with Crippen molar-refractivity contribution in [1.82, 2.24) is 58.1 Å². The Kier molecular flexibility index (Phi) is 17.0. The van der Waals surface area contributed by atoms with Gasteiger partial charge >= 0.3 is 6.18 Å². The predicted molar refractivity (Wildman–Crippen MR) is 339 cm³/mol. The van der Waals surface area contributed by atoms with E-state index in [2.05, 4.69) is 55.8 Å². The average molecular weight is 1280 g/mol.